The number of nitrogens with zero attached hydrogens (tertiary/aromatic N) is 3. The van der Waals surface area contributed by atoms with Crippen LogP contribution in [0.5, 0.6) is 5.75 Å². The van der Waals surface area contributed by atoms with E-state index in [1.54, 1.807) is 7.11 Å². The molecule has 1 aliphatic heterocycles. The number of halogens is 1. The van der Waals surface area contributed by atoms with E-state index in [0.717, 1.165) is 42.1 Å². The number of benzene rings is 2. The number of ether oxygens (including phenoxy) is 2. The zero-order chi connectivity index (χ0) is 23.2. The van der Waals surface area contributed by atoms with Crippen LogP contribution in [0.2, 0.25) is 5.02 Å². The second-order valence-corrected chi connectivity index (χ2v) is 9.29. The molecule has 1 aromatic heterocycles. The topological polar surface area (TPSA) is 78.3 Å². The van der Waals surface area contributed by atoms with Crippen molar-refractivity contribution in [2.75, 3.05) is 19.5 Å². The van der Waals surface area contributed by atoms with Crippen LogP contribution in [0.25, 0.3) is 11.4 Å². The largest absolute Gasteiger partial charge is 0.497 e. The van der Waals surface area contributed by atoms with Gasteiger partial charge in [0.2, 0.25) is 5.91 Å². The molecule has 2 aromatic carbocycles. The van der Waals surface area contributed by atoms with Crippen molar-refractivity contribution in [1.29, 1.82) is 0 Å². The molecule has 2 heterocycles. The van der Waals surface area contributed by atoms with Crippen LogP contribution in [0.1, 0.15) is 31.4 Å². The summed E-state index contributed by atoms with van der Waals surface area (Å²) in [5, 5.41) is 13.2. The van der Waals surface area contributed by atoms with Gasteiger partial charge in [-0.2, -0.15) is 0 Å². The lowest BCUT2D eigenvalue weighted by atomic mass is 10.1. The molecule has 1 N–H and O–H groups in total. The quantitative estimate of drug-likeness (QED) is 0.439. The smallest absolute Gasteiger partial charge is 0.230 e. The number of carbonyl (C=O) groups is 1. The molecule has 1 amide bonds. The fourth-order valence-corrected chi connectivity index (χ4v) is 4.74. The molecule has 7 nitrogen and oxygen atoms in total. The van der Waals surface area contributed by atoms with Gasteiger partial charge in [0, 0.05) is 17.2 Å². The van der Waals surface area contributed by atoms with Crippen LogP contribution in [-0.2, 0) is 16.1 Å². The predicted molar refractivity (Wildman–Crippen MR) is 130 cm³/mol. The van der Waals surface area contributed by atoms with Crippen LogP contribution in [0.3, 0.4) is 0 Å². The Morgan fingerprint density at radius 1 is 1.30 bits per heavy atom. The average Bonchev–Trinajstić information content (AvgIpc) is 3.48. The Balaban J connectivity index is 1.46. The highest BCUT2D eigenvalue weighted by Crippen LogP contribution is 2.28. The first-order valence-corrected chi connectivity index (χ1v) is 12.3. The van der Waals surface area contributed by atoms with Crippen LogP contribution in [0.4, 0.5) is 0 Å². The molecular weight excluding hydrogens is 460 g/mol. The Hall–Kier alpha value is -2.55. The molecule has 0 saturated carbocycles. The fourth-order valence-electron chi connectivity index (χ4n) is 3.78. The van der Waals surface area contributed by atoms with Gasteiger partial charge in [0.25, 0.3) is 0 Å². The molecule has 0 aliphatic carbocycles. The Kier molecular flexibility index (Phi) is 7.90. The van der Waals surface area contributed by atoms with Crippen molar-refractivity contribution in [3.63, 3.8) is 0 Å². The number of amides is 1. The molecule has 1 fully saturated rings. The maximum absolute atomic E-state index is 12.6. The summed E-state index contributed by atoms with van der Waals surface area (Å²) in [6.07, 6.45) is 2.17. The van der Waals surface area contributed by atoms with Gasteiger partial charge in [-0.15, -0.1) is 10.2 Å². The average molecular weight is 487 g/mol. The Labute approximate surface area is 202 Å². The molecule has 1 aliphatic rings. The summed E-state index contributed by atoms with van der Waals surface area (Å²) in [4.78, 5) is 12.6. The number of aromatic nitrogens is 3. The molecule has 2 atom stereocenters. The summed E-state index contributed by atoms with van der Waals surface area (Å²) >= 11 is 7.44. The highest BCUT2D eigenvalue weighted by molar-refractivity contribution is 7.99. The molecule has 174 valence electrons. The molecular formula is C24H27ClN4O3S. The van der Waals surface area contributed by atoms with Gasteiger partial charge in [0.15, 0.2) is 11.0 Å². The first-order valence-electron chi connectivity index (χ1n) is 10.9. The lowest BCUT2D eigenvalue weighted by Gasteiger charge is -2.16. The fraction of sp³-hybridized carbons (Fsp3) is 0.375. The zero-order valence-corrected chi connectivity index (χ0v) is 20.2. The number of carbonyl (C=O) groups excluding carboxylic acids is 1. The van der Waals surface area contributed by atoms with E-state index in [1.165, 1.54) is 11.8 Å². The van der Waals surface area contributed by atoms with Gasteiger partial charge in [-0.3, -0.25) is 9.36 Å². The second-order valence-electron chi connectivity index (χ2n) is 7.91. The molecule has 1 saturated heterocycles. The monoisotopic (exact) mass is 486 g/mol. The lowest BCUT2D eigenvalue weighted by Crippen LogP contribution is -2.28. The SMILES string of the molecule is COc1ccc(-c2nnc(SCC(=O)N[C@H](C)c3cccc(Cl)c3)n2C[C@@H]2CCCO2)cc1. The van der Waals surface area contributed by atoms with Crippen molar-refractivity contribution in [3.8, 4) is 17.1 Å². The lowest BCUT2D eigenvalue weighted by molar-refractivity contribution is -0.119. The highest BCUT2D eigenvalue weighted by Gasteiger charge is 2.22. The van der Waals surface area contributed by atoms with E-state index >= 15 is 0 Å². The third kappa shape index (κ3) is 6.07. The van der Waals surface area contributed by atoms with Gasteiger partial charge in [-0.1, -0.05) is 35.5 Å². The number of hydrogen-bond donors (Lipinski definition) is 1. The first-order chi connectivity index (χ1) is 16.0. The summed E-state index contributed by atoms with van der Waals surface area (Å²) in [5.41, 5.74) is 1.90. The molecule has 4 rings (SSSR count). The molecule has 0 spiro atoms. The summed E-state index contributed by atoms with van der Waals surface area (Å²) in [6.45, 7) is 3.37. The number of nitrogens with one attached hydrogen (secondary N) is 1. The van der Waals surface area contributed by atoms with Crippen LogP contribution < -0.4 is 10.1 Å². The minimum Gasteiger partial charge on any atom is -0.497 e. The van der Waals surface area contributed by atoms with E-state index in [1.807, 2.05) is 55.5 Å². The van der Waals surface area contributed by atoms with Crippen LogP contribution in [-0.4, -0.2) is 46.2 Å². The predicted octanol–water partition coefficient (Wildman–Crippen LogP) is 4.76. The number of hydrogen-bond acceptors (Lipinski definition) is 6. The molecule has 0 unspecified atom stereocenters. The van der Waals surface area contributed by atoms with E-state index in [-0.39, 0.29) is 23.8 Å². The standard InChI is InChI=1S/C24H27ClN4O3S/c1-16(18-5-3-6-19(25)13-18)26-22(30)15-33-24-28-27-23(17-8-10-20(31-2)11-9-17)29(24)14-21-7-4-12-32-21/h3,5-6,8-11,13,16,21H,4,7,12,14-15H2,1-2H3,(H,26,30)/t16-,21+/m1/s1. The van der Waals surface area contributed by atoms with E-state index < -0.39 is 0 Å². The number of rotatable bonds is 9. The van der Waals surface area contributed by atoms with Gasteiger partial charge in [0.1, 0.15) is 5.75 Å². The van der Waals surface area contributed by atoms with Gasteiger partial charge in [0.05, 0.1) is 31.6 Å². The van der Waals surface area contributed by atoms with Gasteiger partial charge < -0.3 is 14.8 Å². The molecule has 33 heavy (non-hydrogen) atoms. The zero-order valence-electron chi connectivity index (χ0n) is 18.7. The van der Waals surface area contributed by atoms with Gasteiger partial charge >= 0.3 is 0 Å². The maximum atomic E-state index is 12.6. The highest BCUT2D eigenvalue weighted by atomic mass is 35.5. The van der Waals surface area contributed by atoms with Crippen molar-refractivity contribution >= 4 is 29.3 Å². The van der Waals surface area contributed by atoms with Crippen molar-refractivity contribution in [2.24, 2.45) is 0 Å². The second kappa shape index (κ2) is 11.0. The molecule has 0 bridgehead atoms. The summed E-state index contributed by atoms with van der Waals surface area (Å²) in [6, 6.07) is 15.1. The van der Waals surface area contributed by atoms with Crippen LogP contribution in [0, 0.1) is 0 Å². The van der Waals surface area contributed by atoms with Crippen LogP contribution >= 0.6 is 23.4 Å². The Bertz CT molecular complexity index is 1080. The van der Waals surface area contributed by atoms with Crippen molar-refractivity contribution in [1.82, 2.24) is 20.1 Å². The third-order valence-electron chi connectivity index (χ3n) is 5.53. The Morgan fingerprint density at radius 3 is 2.82 bits per heavy atom. The minimum atomic E-state index is -0.142. The van der Waals surface area contributed by atoms with E-state index in [0.29, 0.717) is 16.7 Å². The normalized spacial score (nSPS) is 16.5. The van der Waals surface area contributed by atoms with Crippen molar-refractivity contribution in [3.05, 3.63) is 59.1 Å². The van der Waals surface area contributed by atoms with E-state index in [4.69, 9.17) is 21.1 Å². The van der Waals surface area contributed by atoms with Crippen molar-refractivity contribution < 1.29 is 14.3 Å². The molecule has 9 heteroatoms. The molecule has 0 radical (unpaired) electrons. The summed E-state index contributed by atoms with van der Waals surface area (Å²) in [5.74, 6) is 1.69. The number of methoxy groups -OCH3 is 1. The maximum Gasteiger partial charge on any atom is 0.230 e. The Morgan fingerprint density at radius 2 is 2.12 bits per heavy atom. The van der Waals surface area contributed by atoms with Crippen molar-refractivity contribution in [2.45, 2.75) is 43.6 Å². The van der Waals surface area contributed by atoms with Gasteiger partial charge in [-0.05, 0) is 61.7 Å². The van der Waals surface area contributed by atoms with Crippen LogP contribution in [0.15, 0.2) is 53.7 Å². The summed E-state index contributed by atoms with van der Waals surface area (Å²) in [7, 11) is 1.64. The van der Waals surface area contributed by atoms with E-state index in [9.17, 15) is 4.79 Å². The minimum absolute atomic E-state index is 0.0786. The van der Waals surface area contributed by atoms with E-state index in [2.05, 4.69) is 20.1 Å². The third-order valence-corrected chi connectivity index (χ3v) is 6.74. The summed E-state index contributed by atoms with van der Waals surface area (Å²) < 4.78 is 13.2. The van der Waals surface area contributed by atoms with Gasteiger partial charge in [-0.25, -0.2) is 0 Å². The molecule has 3 aromatic rings. The number of thioether (sulfide) groups is 1. The first kappa shape index (κ1) is 23.6.